The number of anilines is 2. The van der Waals surface area contributed by atoms with Crippen LogP contribution in [-0.4, -0.2) is 68.0 Å². The number of aromatic nitrogens is 4. The first-order valence-electron chi connectivity index (χ1n) is 15.2. The lowest BCUT2D eigenvalue weighted by Crippen LogP contribution is -2.49. The summed E-state index contributed by atoms with van der Waals surface area (Å²) in [6, 6.07) is 14.3. The molecule has 0 bridgehead atoms. The maximum Gasteiger partial charge on any atom is 0.269 e. The number of non-ortho nitro benzene ring substituents is 1. The summed E-state index contributed by atoms with van der Waals surface area (Å²) in [5.41, 5.74) is 4.14. The zero-order chi connectivity index (χ0) is 30.3. The van der Waals surface area contributed by atoms with E-state index in [0.29, 0.717) is 67.1 Å². The molecule has 1 unspecified atom stereocenters. The van der Waals surface area contributed by atoms with Crippen molar-refractivity contribution in [2.75, 3.05) is 42.9 Å². The van der Waals surface area contributed by atoms with Crippen LogP contribution in [0, 0.1) is 23.0 Å². The van der Waals surface area contributed by atoms with Crippen molar-refractivity contribution in [2.24, 2.45) is 5.92 Å². The molecule has 4 aromatic rings. The molecule has 0 aliphatic carbocycles. The second-order valence-corrected chi connectivity index (χ2v) is 11.3. The van der Waals surface area contributed by atoms with Gasteiger partial charge in [0.1, 0.15) is 0 Å². The lowest BCUT2D eigenvalue weighted by Gasteiger charge is -2.35. The molecule has 1 saturated heterocycles. The summed E-state index contributed by atoms with van der Waals surface area (Å²) in [6.07, 6.45) is 6.36. The third-order valence-corrected chi connectivity index (χ3v) is 8.17. The summed E-state index contributed by atoms with van der Waals surface area (Å²) in [5, 5.41) is 14.7. The maximum atomic E-state index is 13.1. The Kier molecular flexibility index (Phi) is 9.48. The normalized spacial score (nSPS) is 14.2. The Morgan fingerprint density at radius 2 is 1.84 bits per heavy atom. The van der Waals surface area contributed by atoms with E-state index in [2.05, 4.69) is 29.0 Å². The Labute approximate surface area is 252 Å². The summed E-state index contributed by atoms with van der Waals surface area (Å²) in [4.78, 5) is 42.5. The molecule has 1 atom stereocenters. The number of nitrogens with one attached hydrogen (secondary N) is 1. The van der Waals surface area contributed by atoms with E-state index in [1.165, 1.54) is 25.0 Å². The molecule has 2 aromatic heterocycles. The number of amides is 1. The van der Waals surface area contributed by atoms with E-state index in [0.717, 1.165) is 30.5 Å². The minimum Gasteiger partial charge on any atom is -0.368 e. The second kappa shape index (κ2) is 13.6. The number of carbonyl (C=O) groups excluding carboxylic acids is 1. The topological polar surface area (TPSA) is 122 Å². The predicted octanol–water partition coefficient (Wildman–Crippen LogP) is 5.68. The van der Waals surface area contributed by atoms with Crippen LogP contribution in [0.2, 0.25) is 0 Å². The minimum atomic E-state index is -0.397. The summed E-state index contributed by atoms with van der Waals surface area (Å²) < 4.78 is 1.96. The minimum absolute atomic E-state index is 0.0425. The molecule has 2 aromatic carbocycles. The highest BCUT2D eigenvalue weighted by molar-refractivity contribution is 5.94. The van der Waals surface area contributed by atoms with Crippen molar-refractivity contribution in [1.29, 1.82) is 0 Å². The van der Waals surface area contributed by atoms with Gasteiger partial charge >= 0.3 is 0 Å². The highest BCUT2D eigenvalue weighted by Gasteiger charge is 2.25. The van der Waals surface area contributed by atoms with Gasteiger partial charge in [-0.25, -0.2) is 4.98 Å². The highest BCUT2D eigenvalue weighted by Crippen LogP contribution is 2.26. The molecular formula is C32H40N8O3. The van der Waals surface area contributed by atoms with Gasteiger partial charge < -0.3 is 19.7 Å². The van der Waals surface area contributed by atoms with Crippen LogP contribution in [0.4, 0.5) is 17.5 Å². The molecule has 43 heavy (non-hydrogen) atoms. The van der Waals surface area contributed by atoms with Crippen LogP contribution in [0.1, 0.15) is 61.0 Å². The summed E-state index contributed by atoms with van der Waals surface area (Å²) in [6.45, 7) is 10.1. The number of benzene rings is 2. The first kappa shape index (κ1) is 29.9. The van der Waals surface area contributed by atoms with E-state index in [1.54, 1.807) is 18.5 Å². The largest absolute Gasteiger partial charge is 0.368 e. The van der Waals surface area contributed by atoms with E-state index in [1.807, 2.05) is 40.7 Å². The number of nitrogens with zero attached hydrogens (tertiary/aromatic N) is 7. The van der Waals surface area contributed by atoms with Gasteiger partial charge in [-0.15, -0.1) is 0 Å². The van der Waals surface area contributed by atoms with E-state index >= 15 is 0 Å². The Morgan fingerprint density at radius 3 is 2.51 bits per heavy atom. The number of hydrogen-bond donors (Lipinski definition) is 1. The molecule has 0 radical (unpaired) electrons. The quantitative estimate of drug-likeness (QED) is 0.167. The predicted molar refractivity (Wildman–Crippen MR) is 169 cm³/mol. The third kappa shape index (κ3) is 7.10. The van der Waals surface area contributed by atoms with E-state index in [-0.39, 0.29) is 11.6 Å². The average molecular weight is 585 g/mol. The van der Waals surface area contributed by atoms with Crippen molar-refractivity contribution in [1.82, 2.24) is 24.4 Å². The standard InChI is InChI=1S/C32H40N8O3/c1-4-6-9-24(5-2)20-33-29-28-30(39(22-34-28)21-25-11-13-27(14-12-25)40(42)43)36-32(35-29)38-17-15-37(16-18-38)31(41)26-10-7-8-23(3)19-26/h7-8,10-14,19,22,24H,4-6,9,15-18,20-21H2,1-3H3,(H,33,35,36). The Morgan fingerprint density at radius 1 is 1.07 bits per heavy atom. The van der Waals surface area contributed by atoms with Gasteiger partial charge in [0.15, 0.2) is 17.0 Å². The Balaban J connectivity index is 1.39. The molecule has 1 amide bonds. The maximum absolute atomic E-state index is 13.1. The molecule has 226 valence electrons. The first-order valence-corrected chi connectivity index (χ1v) is 15.2. The van der Waals surface area contributed by atoms with Crippen LogP contribution in [0.25, 0.3) is 11.2 Å². The third-order valence-electron chi connectivity index (χ3n) is 8.17. The monoisotopic (exact) mass is 584 g/mol. The Bertz CT molecular complexity index is 1560. The number of piperazine rings is 1. The lowest BCUT2D eigenvalue weighted by atomic mass is 9.99. The fourth-order valence-electron chi connectivity index (χ4n) is 5.49. The fourth-order valence-corrected chi connectivity index (χ4v) is 5.49. The Hall–Kier alpha value is -4.54. The van der Waals surface area contributed by atoms with Crippen LogP contribution in [0.15, 0.2) is 54.9 Å². The van der Waals surface area contributed by atoms with E-state index in [9.17, 15) is 14.9 Å². The number of nitro groups is 1. The van der Waals surface area contributed by atoms with Gasteiger partial charge in [-0.05, 0) is 37.0 Å². The number of hydrogen-bond acceptors (Lipinski definition) is 8. The molecule has 1 fully saturated rings. The fraction of sp³-hybridized carbons (Fsp3) is 0.438. The van der Waals surface area contributed by atoms with Crippen molar-refractivity contribution in [3.8, 4) is 0 Å². The second-order valence-electron chi connectivity index (χ2n) is 11.3. The van der Waals surface area contributed by atoms with Crippen LogP contribution < -0.4 is 10.2 Å². The molecule has 1 N–H and O–H groups in total. The molecule has 1 aliphatic heterocycles. The number of carbonyl (C=O) groups is 1. The summed E-state index contributed by atoms with van der Waals surface area (Å²) in [5.74, 6) is 1.88. The van der Waals surface area contributed by atoms with Crippen LogP contribution in [-0.2, 0) is 6.54 Å². The molecule has 0 spiro atoms. The molecular weight excluding hydrogens is 544 g/mol. The summed E-state index contributed by atoms with van der Waals surface area (Å²) >= 11 is 0. The van der Waals surface area contributed by atoms with Gasteiger partial charge in [0, 0.05) is 50.4 Å². The molecule has 5 rings (SSSR count). The van der Waals surface area contributed by atoms with Crippen molar-refractivity contribution in [3.63, 3.8) is 0 Å². The summed E-state index contributed by atoms with van der Waals surface area (Å²) in [7, 11) is 0. The number of imidazole rings is 1. The van der Waals surface area contributed by atoms with Gasteiger partial charge in [0.05, 0.1) is 17.8 Å². The van der Waals surface area contributed by atoms with Gasteiger partial charge in [0.25, 0.3) is 11.6 Å². The number of fused-ring (bicyclic) bond motifs is 1. The smallest absolute Gasteiger partial charge is 0.269 e. The average Bonchev–Trinajstić information content (AvgIpc) is 3.43. The number of aryl methyl sites for hydroxylation is 1. The van der Waals surface area contributed by atoms with Gasteiger partial charge in [0.2, 0.25) is 5.95 Å². The van der Waals surface area contributed by atoms with Crippen molar-refractivity contribution < 1.29 is 9.72 Å². The van der Waals surface area contributed by atoms with Crippen molar-refractivity contribution >= 4 is 34.5 Å². The van der Waals surface area contributed by atoms with Crippen molar-refractivity contribution in [2.45, 2.75) is 53.0 Å². The van der Waals surface area contributed by atoms with Crippen LogP contribution >= 0.6 is 0 Å². The molecule has 11 nitrogen and oxygen atoms in total. The number of unbranched alkanes of at least 4 members (excludes halogenated alkanes) is 1. The molecule has 0 saturated carbocycles. The lowest BCUT2D eigenvalue weighted by molar-refractivity contribution is -0.384. The van der Waals surface area contributed by atoms with Crippen LogP contribution in [0.5, 0.6) is 0 Å². The first-order chi connectivity index (χ1) is 20.9. The molecule has 1 aliphatic rings. The van der Waals surface area contributed by atoms with E-state index < -0.39 is 4.92 Å². The SMILES string of the molecule is CCCCC(CC)CNc1nc(N2CCN(C(=O)c3cccc(C)c3)CC2)nc2c1ncn2Cc1ccc([N+](=O)[O-])cc1. The molecule has 11 heteroatoms. The van der Waals surface area contributed by atoms with Gasteiger partial charge in [-0.2, -0.15) is 9.97 Å². The number of rotatable bonds is 12. The zero-order valence-electron chi connectivity index (χ0n) is 25.2. The molecule has 3 heterocycles. The zero-order valence-corrected chi connectivity index (χ0v) is 25.2. The van der Waals surface area contributed by atoms with E-state index in [4.69, 9.17) is 9.97 Å². The van der Waals surface area contributed by atoms with Crippen LogP contribution in [0.3, 0.4) is 0 Å². The van der Waals surface area contributed by atoms with Gasteiger partial charge in [-0.3, -0.25) is 14.9 Å². The van der Waals surface area contributed by atoms with Gasteiger partial charge in [-0.1, -0.05) is 62.9 Å². The number of nitro benzene ring substituents is 1. The van der Waals surface area contributed by atoms with Crippen molar-refractivity contribution in [3.05, 3.63) is 81.7 Å². The highest BCUT2D eigenvalue weighted by atomic mass is 16.6.